The minimum absolute atomic E-state index is 0.106. The summed E-state index contributed by atoms with van der Waals surface area (Å²) in [5, 5.41) is 0. The molecule has 0 unspecified atom stereocenters. The number of hydrogen-bond donors (Lipinski definition) is 2. The number of carbonyl (C=O) groups excluding carboxylic acids is 2. The van der Waals surface area contributed by atoms with Crippen LogP contribution in [0.5, 0.6) is 5.75 Å². The van der Waals surface area contributed by atoms with Crippen LogP contribution in [-0.2, 0) is 4.79 Å². The number of ether oxygens (including phenoxy) is 1. The van der Waals surface area contributed by atoms with Gasteiger partial charge in [0.2, 0.25) is 0 Å². The van der Waals surface area contributed by atoms with Crippen molar-refractivity contribution >= 4 is 11.8 Å². The Bertz CT molecular complexity index is 986. The van der Waals surface area contributed by atoms with Crippen molar-refractivity contribution in [1.82, 2.24) is 10.9 Å². The molecule has 0 spiro atoms. The smallest absolute Gasteiger partial charge is 0.305 e. The zero-order chi connectivity index (χ0) is 20.1. The van der Waals surface area contributed by atoms with Crippen molar-refractivity contribution in [3.05, 3.63) is 78.1 Å². The van der Waals surface area contributed by atoms with Crippen LogP contribution in [0.15, 0.2) is 65.1 Å². The van der Waals surface area contributed by atoms with E-state index in [2.05, 4.69) is 10.9 Å². The van der Waals surface area contributed by atoms with Crippen LogP contribution in [0, 0.1) is 11.6 Å². The summed E-state index contributed by atoms with van der Waals surface area (Å²) in [6.45, 7) is 1.47. The maximum absolute atomic E-state index is 13.8. The van der Waals surface area contributed by atoms with E-state index in [1.54, 1.807) is 12.1 Å². The topological polar surface area (TPSA) is 80.6 Å². The fourth-order valence-corrected chi connectivity index (χ4v) is 2.32. The van der Waals surface area contributed by atoms with Gasteiger partial charge in [0.1, 0.15) is 23.1 Å². The Morgan fingerprint density at radius 2 is 1.68 bits per heavy atom. The highest BCUT2D eigenvalue weighted by Crippen LogP contribution is 2.24. The van der Waals surface area contributed by atoms with Crippen LogP contribution in [0.1, 0.15) is 17.5 Å². The lowest BCUT2D eigenvalue weighted by Crippen LogP contribution is -2.47. The molecule has 144 valence electrons. The number of nitrogens with one attached hydrogen (secondary N) is 2. The van der Waals surface area contributed by atoms with Crippen LogP contribution in [0.3, 0.4) is 0 Å². The van der Waals surface area contributed by atoms with E-state index in [0.29, 0.717) is 5.75 Å². The van der Waals surface area contributed by atoms with Gasteiger partial charge in [0, 0.05) is 0 Å². The van der Waals surface area contributed by atoms with Crippen LogP contribution in [-0.4, -0.2) is 17.9 Å². The Morgan fingerprint density at radius 1 is 0.964 bits per heavy atom. The lowest BCUT2D eigenvalue weighted by atomic mass is 10.1. The molecule has 0 fully saturated rings. The summed E-state index contributed by atoms with van der Waals surface area (Å²) in [7, 11) is 0. The summed E-state index contributed by atoms with van der Waals surface area (Å²) in [5.74, 6) is -1.87. The molecular formula is C20H16F2N2O4. The minimum Gasteiger partial charge on any atom is -0.481 e. The average molecular weight is 386 g/mol. The van der Waals surface area contributed by atoms with E-state index >= 15 is 0 Å². The Morgan fingerprint density at radius 3 is 2.39 bits per heavy atom. The first-order chi connectivity index (χ1) is 13.4. The third kappa shape index (κ3) is 4.53. The SMILES string of the molecule is C[C@@H](Oc1ccc(F)cc1)C(=O)NNC(=O)c1ccc(-c2ccccc2F)o1. The molecule has 1 aromatic heterocycles. The molecule has 2 amide bonds. The number of benzene rings is 2. The highest BCUT2D eigenvalue weighted by molar-refractivity contribution is 5.94. The molecule has 0 radical (unpaired) electrons. The van der Waals surface area contributed by atoms with Crippen molar-refractivity contribution in [2.24, 2.45) is 0 Å². The average Bonchev–Trinajstić information content (AvgIpc) is 3.18. The Balaban J connectivity index is 1.56. The molecule has 0 bridgehead atoms. The molecule has 2 N–H and O–H groups in total. The molecule has 1 atom stereocenters. The van der Waals surface area contributed by atoms with E-state index in [1.165, 1.54) is 55.5 Å². The monoisotopic (exact) mass is 386 g/mol. The number of halogens is 2. The second-order valence-corrected chi connectivity index (χ2v) is 5.80. The summed E-state index contributed by atoms with van der Waals surface area (Å²) in [6, 6.07) is 14.0. The van der Waals surface area contributed by atoms with Crippen molar-refractivity contribution in [2.75, 3.05) is 0 Å². The van der Waals surface area contributed by atoms with Crippen molar-refractivity contribution in [1.29, 1.82) is 0 Å². The molecule has 3 aromatic rings. The zero-order valence-corrected chi connectivity index (χ0v) is 14.7. The third-order valence-corrected chi connectivity index (χ3v) is 3.76. The van der Waals surface area contributed by atoms with Gasteiger partial charge in [-0.05, 0) is 55.5 Å². The molecular weight excluding hydrogens is 370 g/mol. The van der Waals surface area contributed by atoms with Gasteiger partial charge in [-0.2, -0.15) is 0 Å². The van der Waals surface area contributed by atoms with Crippen LogP contribution >= 0.6 is 0 Å². The van der Waals surface area contributed by atoms with Crippen LogP contribution in [0.2, 0.25) is 0 Å². The molecule has 28 heavy (non-hydrogen) atoms. The summed E-state index contributed by atoms with van der Waals surface area (Å²) < 4.78 is 37.3. The number of rotatable bonds is 5. The Labute approximate surface area is 159 Å². The molecule has 1 heterocycles. The number of hydrogen-bond acceptors (Lipinski definition) is 4. The zero-order valence-electron chi connectivity index (χ0n) is 14.7. The number of hydrazine groups is 1. The molecule has 0 saturated heterocycles. The molecule has 0 saturated carbocycles. The van der Waals surface area contributed by atoms with E-state index in [4.69, 9.17) is 9.15 Å². The molecule has 2 aromatic carbocycles. The van der Waals surface area contributed by atoms with Gasteiger partial charge in [0.25, 0.3) is 5.91 Å². The van der Waals surface area contributed by atoms with Gasteiger partial charge >= 0.3 is 5.91 Å². The van der Waals surface area contributed by atoms with Crippen molar-refractivity contribution in [3.8, 4) is 17.1 Å². The van der Waals surface area contributed by atoms with Crippen molar-refractivity contribution in [2.45, 2.75) is 13.0 Å². The van der Waals surface area contributed by atoms with Crippen LogP contribution in [0.25, 0.3) is 11.3 Å². The molecule has 0 aliphatic rings. The van der Waals surface area contributed by atoms with Gasteiger partial charge in [-0.15, -0.1) is 0 Å². The van der Waals surface area contributed by atoms with Crippen molar-refractivity contribution < 1.29 is 27.5 Å². The van der Waals surface area contributed by atoms with Gasteiger partial charge in [-0.3, -0.25) is 20.4 Å². The van der Waals surface area contributed by atoms with Crippen LogP contribution < -0.4 is 15.6 Å². The highest BCUT2D eigenvalue weighted by Gasteiger charge is 2.18. The largest absolute Gasteiger partial charge is 0.481 e. The van der Waals surface area contributed by atoms with Crippen LogP contribution in [0.4, 0.5) is 8.78 Å². The van der Waals surface area contributed by atoms with Gasteiger partial charge < -0.3 is 9.15 Å². The second-order valence-electron chi connectivity index (χ2n) is 5.80. The predicted octanol–water partition coefficient (Wildman–Crippen LogP) is 3.45. The molecule has 8 heteroatoms. The summed E-state index contributed by atoms with van der Waals surface area (Å²) in [5.41, 5.74) is 4.60. The normalized spacial score (nSPS) is 11.5. The number of carbonyl (C=O) groups is 2. The van der Waals surface area contributed by atoms with E-state index in [-0.39, 0.29) is 17.1 Å². The van der Waals surface area contributed by atoms with Gasteiger partial charge in [0.15, 0.2) is 11.9 Å². The maximum Gasteiger partial charge on any atom is 0.305 e. The summed E-state index contributed by atoms with van der Waals surface area (Å²) >= 11 is 0. The van der Waals surface area contributed by atoms with E-state index in [9.17, 15) is 18.4 Å². The lowest BCUT2D eigenvalue weighted by molar-refractivity contribution is -0.128. The number of furan rings is 1. The molecule has 0 aliphatic carbocycles. The second kappa shape index (κ2) is 8.34. The summed E-state index contributed by atoms with van der Waals surface area (Å²) in [6.07, 6.45) is -0.948. The first-order valence-corrected chi connectivity index (χ1v) is 8.31. The Kier molecular flexibility index (Phi) is 5.69. The van der Waals surface area contributed by atoms with E-state index in [1.807, 2.05) is 0 Å². The summed E-state index contributed by atoms with van der Waals surface area (Å²) in [4.78, 5) is 24.1. The first kappa shape index (κ1) is 19.1. The van der Waals surface area contributed by atoms with Gasteiger partial charge in [-0.1, -0.05) is 12.1 Å². The molecule has 3 rings (SSSR count). The number of amides is 2. The predicted molar refractivity (Wildman–Crippen MR) is 96.2 cm³/mol. The van der Waals surface area contributed by atoms with Gasteiger partial charge in [0.05, 0.1) is 5.56 Å². The van der Waals surface area contributed by atoms with Gasteiger partial charge in [-0.25, -0.2) is 8.78 Å². The maximum atomic E-state index is 13.8. The fourth-order valence-electron chi connectivity index (χ4n) is 2.32. The van der Waals surface area contributed by atoms with E-state index in [0.717, 1.165) is 0 Å². The standard InChI is InChI=1S/C20H16F2N2O4/c1-12(27-14-8-6-13(21)7-9-14)19(25)23-24-20(26)18-11-10-17(28-18)15-4-2-3-5-16(15)22/h2-12H,1H3,(H,23,25)(H,24,26)/t12-/m1/s1. The van der Waals surface area contributed by atoms with Crippen molar-refractivity contribution in [3.63, 3.8) is 0 Å². The first-order valence-electron chi connectivity index (χ1n) is 8.31. The molecule has 0 aliphatic heterocycles. The Hall–Kier alpha value is -3.68. The molecule has 6 nitrogen and oxygen atoms in total. The lowest BCUT2D eigenvalue weighted by Gasteiger charge is -2.14. The quantitative estimate of drug-likeness (QED) is 0.658. The third-order valence-electron chi connectivity index (χ3n) is 3.76. The minimum atomic E-state index is -0.948. The van der Waals surface area contributed by atoms with E-state index < -0.39 is 29.6 Å². The fraction of sp³-hybridized carbons (Fsp3) is 0.100. The highest BCUT2D eigenvalue weighted by atomic mass is 19.1.